The molecule has 0 unspecified atom stereocenters. The van der Waals surface area contributed by atoms with Crippen LogP contribution in [-0.4, -0.2) is 68.8 Å². The molecule has 170 valence electrons. The van der Waals surface area contributed by atoms with Crippen LogP contribution in [0.4, 0.5) is 5.13 Å². The number of benzene rings is 2. The maximum Gasteiger partial charge on any atom is 0.260 e. The Labute approximate surface area is 197 Å². The first-order valence-electron chi connectivity index (χ1n) is 10.3. The minimum atomic E-state index is -3.55. The maximum absolute atomic E-state index is 13.4. The summed E-state index contributed by atoms with van der Waals surface area (Å²) in [5.74, 6) is -0.225. The number of hydrogen-bond acceptors (Lipinski definition) is 6. The summed E-state index contributed by atoms with van der Waals surface area (Å²) in [6.45, 7) is 1.10. The highest BCUT2D eigenvalue weighted by molar-refractivity contribution is 7.89. The van der Waals surface area contributed by atoms with Crippen molar-refractivity contribution in [3.05, 3.63) is 53.1 Å². The Morgan fingerprint density at radius 3 is 2.41 bits per heavy atom. The molecule has 0 spiro atoms. The Morgan fingerprint density at radius 2 is 1.78 bits per heavy atom. The molecule has 0 saturated heterocycles. The molecule has 0 atom stereocenters. The molecule has 0 radical (unpaired) electrons. The summed E-state index contributed by atoms with van der Waals surface area (Å²) in [4.78, 5) is 21.9. The first-order valence-corrected chi connectivity index (χ1v) is 12.9. The van der Waals surface area contributed by atoms with Crippen LogP contribution in [0.1, 0.15) is 23.2 Å². The minimum Gasteiger partial charge on any atom is -0.308 e. The number of amides is 1. The van der Waals surface area contributed by atoms with Gasteiger partial charge >= 0.3 is 0 Å². The van der Waals surface area contributed by atoms with Crippen molar-refractivity contribution in [2.75, 3.05) is 39.1 Å². The molecule has 1 aliphatic carbocycles. The predicted octanol–water partition coefficient (Wildman–Crippen LogP) is 3.94. The third kappa shape index (κ3) is 4.82. The van der Waals surface area contributed by atoms with Gasteiger partial charge < -0.3 is 4.90 Å². The minimum absolute atomic E-state index is 0.0790. The number of anilines is 1. The van der Waals surface area contributed by atoms with Crippen LogP contribution in [0.15, 0.2) is 47.4 Å². The fraction of sp³-hybridized carbons (Fsp3) is 0.364. The molecule has 1 aliphatic rings. The lowest BCUT2D eigenvalue weighted by Crippen LogP contribution is -2.36. The molecule has 32 heavy (non-hydrogen) atoms. The van der Waals surface area contributed by atoms with Gasteiger partial charge in [0.05, 0.1) is 15.1 Å². The van der Waals surface area contributed by atoms with Crippen LogP contribution in [-0.2, 0) is 10.0 Å². The zero-order chi connectivity index (χ0) is 23.0. The lowest BCUT2D eigenvalue weighted by atomic mass is 10.2. The zero-order valence-corrected chi connectivity index (χ0v) is 20.5. The van der Waals surface area contributed by atoms with Crippen LogP contribution >= 0.6 is 22.9 Å². The summed E-state index contributed by atoms with van der Waals surface area (Å²) < 4.78 is 27.8. The normalized spacial score (nSPS) is 14.4. The van der Waals surface area contributed by atoms with Crippen LogP contribution in [0, 0.1) is 0 Å². The van der Waals surface area contributed by atoms with Gasteiger partial charge in [0.1, 0.15) is 0 Å². The lowest BCUT2D eigenvalue weighted by molar-refractivity contribution is 0.0985. The van der Waals surface area contributed by atoms with E-state index in [0.29, 0.717) is 28.8 Å². The van der Waals surface area contributed by atoms with Gasteiger partial charge in [-0.1, -0.05) is 22.9 Å². The fourth-order valence-electron chi connectivity index (χ4n) is 3.31. The average molecular weight is 493 g/mol. The molecule has 1 fully saturated rings. The number of aromatic nitrogens is 1. The summed E-state index contributed by atoms with van der Waals surface area (Å²) in [6.07, 6.45) is 1.78. The van der Waals surface area contributed by atoms with Gasteiger partial charge in [0.2, 0.25) is 10.0 Å². The van der Waals surface area contributed by atoms with Crippen LogP contribution in [0.5, 0.6) is 0 Å². The number of halogens is 1. The molecular formula is C22H25ClN4O3S2. The van der Waals surface area contributed by atoms with E-state index in [-0.39, 0.29) is 16.8 Å². The number of nitrogens with zero attached hydrogens (tertiary/aromatic N) is 4. The highest BCUT2D eigenvalue weighted by atomic mass is 35.5. The quantitative estimate of drug-likeness (QED) is 0.476. The number of likely N-dealkylation sites (N-methyl/N-ethyl adjacent to an activating group) is 1. The Morgan fingerprint density at radius 1 is 1.09 bits per heavy atom. The van der Waals surface area contributed by atoms with Crippen molar-refractivity contribution in [3.8, 4) is 0 Å². The Bertz CT molecular complexity index is 1240. The largest absolute Gasteiger partial charge is 0.308 e. The molecule has 1 heterocycles. The van der Waals surface area contributed by atoms with Gasteiger partial charge in [0.15, 0.2) is 5.13 Å². The molecule has 0 aliphatic heterocycles. The highest BCUT2D eigenvalue weighted by Crippen LogP contribution is 2.32. The van der Waals surface area contributed by atoms with Gasteiger partial charge in [-0.25, -0.2) is 13.4 Å². The first-order chi connectivity index (χ1) is 15.2. The van der Waals surface area contributed by atoms with Crippen LogP contribution in [0.3, 0.4) is 0 Å². The van der Waals surface area contributed by atoms with E-state index < -0.39 is 10.0 Å². The van der Waals surface area contributed by atoms with E-state index in [1.165, 1.54) is 27.8 Å². The Hall–Kier alpha value is -2.04. The van der Waals surface area contributed by atoms with E-state index in [1.54, 1.807) is 30.1 Å². The molecule has 10 heteroatoms. The molecule has 1 amide bonds. The molecule has 1 saturated carbocycles. The van der Waals surface area contributed by atoms with E-state index >= 15 is 0 Å². The SMILES string of the molecule is CN(C)CCN(C(=O)c1ccc(S(=O)(=O)N(C)C2CC2)cc1)c1nc2ccc(Cl)cc2s1. The molecule has 7 nitrogen and oxygen atoms in total. The number of thiazole rings is 1. The van der Waals surface area contributed by atoms with Crippen LogP contribution in [0.2, 0.25) is 5.02 Å². The van der Waals surface area contributed by atoms with Gasteiger partial charge in [-0.2, -0.15) is 4.31 Å². The molecule has 1 aromatic heterocycles. The Kier molecular flexibility index (Phi) is 6.56. The van der Waals surface area contributed by atoms with Gasteiger partial charge in [-0.15, -0.1) is 0 Å². The summed E-state index contributed by atoms with van der Waals surface area (Å²) >= 11 is 7.51. The van der Waals surface area contributed by atoms with Crippen molar-refractivity contribution in [1.82, 2.24) is 14.2 Å². The summed E-state index contributed by atoms with van der Waals surface area (Å²) in [5, 5.41) is 1.20. The van der Waals surface area contributed by atoms with E-state index in [0.717, 1.165) is 23.1 Å². The first kappa shape index (κ1) is 23.1. The smallest absolute Gasteiger partial charge is 0.260 e. The molecular weight excluding hydrogens is 468 g/mol. The van der Waals surface area contributed by atoms with E-state index in [4.69, 9.17) is 11.6 Å². The van der Waals surface area contributed by atoms with Gasteiger partial charge in [0, 0.05) is 36.8 Å². The van der Waals surface area contributed by atoms with Crippen molar-refractivity contribution >= 4 is 54.2 Å². The fourth-order valence-corrected chi connectivity index (χ4v) is 5.99. The second-order valence-corrected chi connectivity index (χ2v) is 11.6. The van der Waals surface area contributed by atoms with Crippen molar-refractivity contribution in [2.24, 2.45) is 0 Å². The van der Waals surface area contributed by atoms with Crippen molar-refractivity contribution < 1.29 is 13.2 Å². The third-order valence-corrected chi connectivity index (χ3v) is 8.63. The number of carbonyl (C=O) groups is 1. The standard InChI is InChI=1S/C22H25ClN4O3S2/c1-25(2)12-13-27(22-24-19-11-6-16(23)14-20(19)31-22)21(28)15-4-9-18(10-5-15)32(29,30)26(3)17-7-8-17/h4-6,9-11,14,17H,7-8,12-13H2,1-3H3. The number of carbonyl (C=O) groups excluding carboxylic acids is 1. The Balaban J connectivity index is 1.62. The average Bonchev–Trinajstić information content (AvgIpc) is 3.52. The van der Waals surface area contributed by atoms with Gasteiger partial charge in [-0.3, -0.25) is 9.69 Å². The molecule has 2 aromatic carbocycles. The van der Waals surface area contributed by atoms with E-state index in [9.17, 15) is 13.2 Å². The van der Waals surface area contributed by atoms with Crippen LogP contribution < -0.4 is 4.90 Å². The third-order valence-electron chi connectivity index (χ3n) is 5.43. The second-order valence-electron chi connectivity index (χ2n) is 8.15. The lowest BCUT2D eigenvalue weighted by Gasteiger charge is -2.22. The van der Waals surface area contributed by atoms with Crippen LogP contribution in [0.25, 0.3) is 10.2 Å². The number of rotatable bonds is 8. The van der Waals surface area contributed by atoms with E-state index in [2.05, 4.69) is 4.98 Å². The maximum atomic E-state index is 13.4. The molecule has 0 bridgehead atoms. The van der Waals surface area contributed by atoms with Gasteiger partial charge in [0.25, 0.3) is 5.91 Å². The molecule has 3 aromatic rings. The molecule has 0 N–H and O–H groups in total. The zero-order valence-electron chi connectivity index (χ0n) is 18.2. The van der Waals surface area contributed by atoms with Crippen molar-refractivity contribution in [2.45, 2.75) is 23.8 Å². The second kappa shape index (κ2) is 9.07. The highest BCUT2D eigenvalue weighted by Gasteiger charge is 2.35. The van der Waals surface area contributed by atoms with E-state index in [1.807, 2.05) is 31.1 Å². The predicted molar refractivity (Wildman–Crippen MR) is 129 cm³/mol. The van der Waals surface area contributed by atoms with Crippen molar-refractivity contribution in [3.63, 3.8) is 0 Å². The summed E-state index contributed by atoms with van der Waals surface area (Å²) in [7, 11) is 1.93. The number of sulfonamides is 1. The molecule has 4 rings (SSSR count). The van der Waals surface area contributed by atoms with Gasteiger partial charge in [-0.05, 0) is 69.4 Å². The number of hydrogen-bond donors (Lipinski definition) is 0. The summed E-state index contributed by atoms with van der Waals surface area (Å²) in [6, 6.07) is 11.7. The topological polar surface area (TPSA) is 73.8 Å². The monoisotopic (exact) mass is 492 g/mol. The number of fused-ring (bicyclic) bond motifs is 1. The van der Waals surface area contributed by atoms with Crippen molar-refractivity contribution in [1.29, 1.82) is 0 Å². The summed E-state index contributed by atoms with van der Waals surface area (Å²) in [5.41, 5.74) is 1.19.